The van der Waals surface area contributed by atoms with E-state index in [-0.39, 0.29) is 0 Å². The summed E-state index contributed by atoms with van der Waals surface area (Å²) in [5, 5.41) is 0. The molecule has 0 bridgehead atoms. The molecule has 3 rings (SSSR count). The van der Waals surface area contributed by atoms with Crippen molar-refractivity contribution in [2.45, 2.75) is 53.4 Å². The standard InChI is InChI=1S/C20H24S/c1-11(2)16-9-7-8-10-17(16)19-15(6)21-20-14(5)12(3)13(4)18(19)20/h7-11,13H,1-6H3. The number of thiophene rings is 1. The van der Waals surface area contributed by atoms with E-state index in [4.69, 9.17) is 0 Å². The highest BCUT2D eigenvalue weighted by atomic mass is 32.1. The summed E-state index contributed by atoms with van der Waals surface area (Å²) in [6.45, 7) is 13.8. The predicted octanol–water partition coefficient (Wildman–Crippen LogP) is 6.76. The van der Waals surface area contributed by atoms with Gasteiger partial charge in [-0.05, 0) is 54.5 Å². The van der Waals surface area contributed by atoms with E-state index in [1.165, 1.54) is 32.0 Å². The molecule has 1 aliphatic rings. The monoisotopic (exact) mass is 296 g/mol. The van der Waals surface area contributed by atoms with Crippen molar-refractivity contribution in [2.24, 2.45) is 0 Å². The normalized spacial score (nSPS) is 17.8. The molecule has 1 aliphatic carbocycles. The molecule has 1 heteroatoms. The summed E-state index contributed by atoms with van der Waals surface area (Å²) in [7, 11) is 0. The first-order valence-electron chi connectivity index (χ1n) is 7.83. The van der Waals surface area contributed by atoms with E-state index in [1.54, 1.807) is 11.1 Å². The van der Waals surface area contributed by atoms with E-state index in [1.807, 2.05) is 11.3 Å². The first-order chi connectivity index (χ1) is 9.93. The van der Waals surface area contributed by atoms with Crippen molar-refractivity contribution >= 4 is 16.9 Å². The van der Waals surface area contributed by atoms with Gasteiger partial charge >= 0.3 is 0 Å². The van der Waals surface area contributed by atoms with Gasteiger partial charge in [0.2, 0.25) is 0 Å². The second-order valence-corrected chi connectivity index (χ2v) is 7.77. The molecule has 1 atom stereocenters. The zero-order chi connectivity index (χ0) is 15.3. The lowest BCUT2D eigenvalue weighted by molar-refractivity contribution is 0.867. The minimum absolute atomic E-state index is 0.556. The first-order valence-corrected chi connectivity index (χ1v) is 8.65. The van der Waals surface area contributed by atoms with Crippen LogP contribution in [0.2, 0.25) is 0 Å². The minimum Gasteiger partial charge on any atom is -0.140 e. The summed E-state index contributed by atoms with van der Waals surface area (Å²) in [5.41, 5.74) is 9.02. The van der Waals surface area contributed by atoms with Crippen LogP contribution in [-0.2, 0) is 0 Å². The molecule has 0 radical (unpaired) electrons. The number of allylic oxidation sites excluding steroid dienone is 2. The zero-order valence-corrected chi connectivity index (χ0v) is 14.7. The number of rotatable bonds is 2. The Labute approximate surface area is 132 Å². The molecule has 110 valence electrons. The van der Waals surface area contributed by atoms with Crippen molar-refractivity contribution in [3.05, 3.63) is 50.7 Å². The molecule has 0 saturated heterocycles. The zero-order valence-electron chi connectivity index (χ0n) is 13.9. The second-order valence-electron chi connectivity index (χ2n) is 6.55. The Bertz CT molecular complexity index is 728. The lowest BCUT2D eigenvalue weighted by Crippen LogP contribution is -1.97. The van der Waals surface area contributed by atoms with Crippen LogP contribution in [0.3, 0.4) is 0 Å². The van der Waals surface area contributed by atoms with Crippen LogP contribution in [0.5, 0.6) is 0 Å². The number of hydrogen-bond donors (Lipinski definition) is 0. The van der Waals surface area contributed by atoms with E-state index in [9.17, 15) is 0 Å². The minimum atomic E-state index is 0.556. The van der Waals surface area contributed by atoms with Gasteiger partial charge in [0.15, 0.2) is 0 Å². The smallest absolute Gasteiger partial charge is 0.0346 e. The van der Waals surface area contributed by atoms with E-state index < -0.39 is 0 Å². The number of fused-ring (bicyclic) bond motifs is 1. The molecule has 0 fully saturated rings. The van der Waals surface area contributed by atoms with Crippen molar-refractivity contribution in [2.75, 3.05) is 0 Å². The van der Waals surface area contributed by atoms with Crippen LogP contribution >= 0.6 is 11.3 Å². The Morgan fingerprint density at radius 1 is 1.05 bits per heavy atom. The maximum absolute atomic E-state index is 2.36. The summed E-state index contributed by atoms with van der Waals surface area (Å²) in [5.74, 6) is 1.11. The summed E-state index contributed by atoms with van der Waals surface area (Å²) in [6, 6.07) is 8.94. The molecule has 1 aromatic heterocycles. The van der Waals surface area contributed by atoms with Gasteiger partial charge in [0.25, 0.3) is 0 Å². The Morgan fingerprint density at radius 2 is 1.71 bits per heavy atom. The van der Waals surface area contributed by atoms with Gasteiger partial charge < -0.3 is 0 Å². The molecule has 0 spiro atoms. The van der Waals surface area contributed by atoms with E-state index in [2.05, 4.69) is 65.8 Å². The van der Waals surface area contributed by atoms with E-state index in [0.717, 1.165) is 0 Å². The summed E-state index contributed by atoms with van der Waals surface area (Å²) in [6.07, 6.45) is 0. The molecular formula is C20H24S. The van der Waals surface area contributed by atoms with Crippen LogP contribution in [0.15, 0.2) is 29.8 Å². The quantitative estimate of drug-likeness (QED) is 0.574. The highest BCUT2D eigenvalue weighted by molar-refractivity contribution is 7.13. The van der Waals surface area contributed by atoms with Crippen molar-refractivity contribution in [3.63, 3.8) is 0 Å². The van der Waals surface area contributed by atoms with Gasteiger partial charge in [0.05, 0.1) is 0 Å². The van der Waals surface area contributed by atoms with Gasteiger partial charge in [-0.25, -0.2) is 0 Å². The Balaban J connectivity index is 2.27. The molecule has 1 unspecified atom stereocenters. The molecule has 1 aromatic carbocycles. The first kappa shape index (κ1) is 14.6. The third-order valence-corrected chi connectivity index (χ3v) is 6.23. The third-order valence-electron chi connectivity index (χ3n) is 4.99. The van der Waals surface area contributed by atoms with Gasteiger partial charge in [-0.2, -0.15) is 0 Å². The fourth-order valence-corrected chi connectivity index (χ4v) is 4.87. The number of aryl methyl sites for hydroxylation is 1. The average Bonchev–Trinajstić information content (AvgIpc) is 2.90. The predicted molar refractivity (Wildman–Crippen MR) is 95.3 cm³/mol. The SMILES string of the molecule is CC1=C(C)C(C)c2c1sc(C)c2-c1ccccc1C(C)C. The van der Waals surface area contributed by atoms with Gasteiger partial charge in [-0.3, -0.25) is 0 Å². The topological polar surface area (TPSA) is 0 Å². The number of hydrogen-bond acceptors (Lipinski definition) is 1. The highest BCUT2D eigenvalue weighted by Crippen LogP contribution is 2.52. The van der Waals surface area contributed by atoms with Gasteiger partial charge in [-0.1, -0.05) is 50.6 Å². The molecule has 0 N–H and O–H groups in total. The molecule has 2 aromatic rings. The molecular weight excluding hydrogens is 272 g/mol. The van der Waals surface area contributed by atoms with Gasteiger partial charge in [-0.15, -0.1) is 11.3 Å². The van der Waals surface area contributed by atoms with Crippen molar-refractivity contribution < 1.29 is 0 Å². The summed E-state index contributed by atoms with van der Waals surface area (Å²) >= 11 is 1.98. The Morgan fingerprint density at radius 3 is 2.38 bits per heavy atom. The van der Waals surface area contributed by atoms with Crippen molar-refractivity contribution in [1.82, 2.24) is 0 Å². The number of benzene rings is 1. The summed E-state index contributed by atoms with van der Waals surface area (Å²) < 4.78 is 0. The maximum Gasteiger partial charge on any atom is 0.0346 e. The van der Waals surface area contributed by atoms with Crippen LogP contribution in [0, 0.1) is 6.92 Å². The average molecular weight is 296 g/mol. The molecule has 0 nitrogen and oxygen atoms in total. The van der Waals surface area contributed by atoms with Crippen LogP contribution < -0.4 is 0 Å². The molecule has 0 amide bonds. The molecule has 21 heavy (non-hydrogen) atoms. The summed E-state index contributed by atoms with van der Waals surface area (Å²) in [4.78, 5) is 2.98. The van der Waals surface area contributed by atoms with Crippen LogP contribution in [-0.4, -0.2) is 0 Å². The van der Waals surface area contributed by atoms with Crippen molar-refractivity contribution in [1.29, 1.82) is 0 Å². The fourth-order valence-electron chi connectivity index (χ4n) is 3.54. The van der Waals surface area contributed by atoms with Gasteiger partial charge in [0.1, 0.15) is 0 Å². The van der Waals surface area contributed by atoms with Crippen LogP contribution in [0.4, 0.5) is 0 Å². The Kier molecular flexibility index (Phi) is 3.57. The largest absolute Gasteiger partial charge is 0.140 e. The van der Waals surface area contributed by atoms with E-state index in [0.29, 0.717) is 11.8 Å². The maximum atomic E-state index is 2.36. The van der Waals surface area contributed by atoms with Crippen LogP contribution in [0.25, 0.3) is 16.7 Å². The fraction of sp³-hybridized carbons (Fsp3) is 0.400. The lowest BCUT2D eigenvalue weighted by Gasteiger charge is -2.16. The van der Waals surface area contributed by atoms with Crippen LogP contribution in [0.1, 0.15) is 67.3 Å². The lowest BCUT2D eigenvalue weighted by atomic mass is 9.87. The van der Waals surface area contributed by atoms with Gasteiger partial charge in [0, 0.05) is 15.7 Å². The molecule has 1 heterocycles. The Hall–Kier alpha value is -1.34. The van der Waals surface area contributed by atoms with Crippen molar-refractivity contribution in [3.8, 4) is 11.1 Å². The third kappa shape index (κ3) is 2.10. The molecule has 0 aliphatic heterocycles. The second kappa shape index (κ2) is 5.14. The van der Waals surface area contributed by atoms with E-state index >= 15 is 0 Å². The highest BCUT2D eigenvalue weighted by Gasteiger charge is 2.30. The molecule has 0 saturated carbocycles.